The number of aromatic nitrogens is 3. The highest BCUT2D eigenvalue weighted by atomic mass is 16.5. The summed E-state index contributed by atoms with van der Waals surface area (Å²) >= 11 is 0. The van der Waals surface area contributed by atoms with E-state index in [4.69, 9.17) is 9.72 Å². The maximum absolute atomic E-state index is 12.5. The Morgan fingerprint density at radius 3 is 2.61 bits per heavy atom. The second kappa shape index (κ2) is 8.78. The van der Waals surface area contributed by atoms with Crippen molar-refractivity contribution in [2.45, 2.75) is 44.9 Å². The smallest absolute Gasteiger partial charge is 0.257 e. The number of benzene rings is 2. The Kier molecular flexibility index (Phi) is 5.68. The number of aryl methyl sites for hydroxylation is 1. The van der Waals surface area contributed by atoms with Crippen LogP contribution in [-0.2, 0) is 11.3 Å². The molecule has 8 heteroatoms. The molecular formula is C25H26N4O4. The fraction of sp³-hybridized carbons (Fsp3) is 0.360. The first-order valence-electron chi connectivity index (χ1n) is 11.3. The van der Waals surface area contributed by atoms with Gasteiger partial charge in [-0.05, 0) is 49.6 Å². The topological polar surface area (TPSA) is 97.6 Å². The van der Waals surface area contributed by atoms with Gasteiger partial charge in [0.25, 0.3) is 5.91 Å². The van der Waals surface area contributed by atoms with Gasteiger partial charge in [0.15, 0.2) is 17.8 Å². The maximum atomic E-state index is 12.5. The van der Waals surface area contributed by atoms with Crippen LogP contribution >= 0.6 is 0 Å². The van der Waals surface area contributed by atoms with E-state index in [0.717, 1.165) is 29.3 Å². The molecule has 1 fully saturated rings. The summed E-state index contributed by atoms with van der Waals surface area (Å²) in [5, 5.41) is 15.0. The Balaban J connectivity index is 1.19. The molecule has 2 heterocycles. The number of ketones is 1. The molecule has 33 heavy (non-hydrogen) atoms. The largest absolute Gasteiger partial charge is 0.486 e. The monoisotopic (exact) mass is 446 g/mol. The summed E-state index contributed by atoms with van der Waals surface area (Å²) in [5.41, 5.74) is 1.84. The third-order valence-electron chi connectivity index (χ3n) is 5.96. The minimum Gasteiger partial charge on any atom is -0.486 e. The van der Waals surface area contributed by atoms with Gasteiger partial charge in [-0.1, -0.05) is 25.1 Å². The summed E-state index contributed by atoms with van der Waals surface area (Å²) in [5.74, 6) is 2.19. The van der Waals surface area contributed by atoms with Crippen LogP contribution < -0.4 is 4.74 Å². The van der Waals surface area contributed by atoms with Crippen molar-refractivity contribution >= 4 is 11.7 Å². The van der Waals surface area contributed by atoms with Gasteiger partial charge in [0.2, 0.25) is 0 Å². The first-order valence-corrected chi connectivity index (χ1v) is 11.3. The summed E-state index contributed by atoms with van der Waals surface area (Å²) in [4.78, 5) is 30.8. The van der Waals surface area contributed by atoms with Gasteiger partial charge in [-0.2, -0.15) is 5.10 Å². The molecule has 1 aliphatic heterocycles. The Hall–Kier alpha value is -3.52. The zero-order valence-corrected chi connectivity index (χ0v) is 18.5. The molecule has 2 aromatic carbocycles. The second-order valence-corrected chi connectivity index (χ2v) is 8.54. The standard InChI is InChI=1S/C25H26N4O4/c1-2-13-29-23(17-7-8-17)26-22(27-29)16-9-11-19(12-10-16)33-15-18(30)14-28-24(31)20-5-3-4-6-21(20)25(28)32/h3-6,9-12,17,24,31H,2,7-8,13-15H2,1H3. The van der Waals surface area contributed by atoms with Gasteiger partial charge in [-0.25, -0.2) is 9.67 Å². The zero-order valence-electron chi connectivity index (χ0n) is 18.5. The minimum absolute atomic E-state index is 0.193. The van der Waals surface area contributed by atoms with E-state index < -0.39 is 6.23 Å². The molecular weight excluding hydrogens is 420 g/mol. The molecule has 170 valence electrons. The number of hydrogen-bond donors (Lipinski definition) is 1. The van der Waals surface area contributed by atoms with Crippen molar-refractivity contribution in [3.8, 4) is 17.1 Å². The van der Waals surface area contributed by atoms with Crippen molar-refractivity contribution in [1.29, 1.82) is 0 Å². The van der Waals surface area contributed by atoms with Crippen molar-refractivity contribution in [2.75, 3.05) is 13.2 Å². The van der Waals surface area contributed by atoms with Crippen LogP contribution in [0, 0.1) is 0 Å². The first-order chi connectivity index (χ1) is 16.0. The van der Waals surface area contributed by atoms with Gasteiger partial charge in [-0.15, -0.1) is 0 Å². The number of nitrogens with zero attached hydrogens (tertiary/aromatic N) is 4. The number of carbonyl (C=O) groups excluding carboxylic acids is 2. The second-order valence-electron chi connectivity index (χ2n) is 8.54. The van der Waals surface area contributed by atoms with Crippen molar-refractivity contribution in [1.82, 2.24) is 19.7 Å². The minimum atomic E-state index is -1.11. The molecule has 0 spiro atoms. The highest BCUT2D eigenvalue weighted by molar-refractivity contribution is 6.01. The number of Topliss-reactive ketones (excluding diaryl/α,β-unsaturated/α-hetero) is 1. The number of fused-ring (bicyclic) bond motifs is 1. The molecule has 8 nitrogen and oxygen atoms in total. The Morgan fingerprint density at radius 1 is 1.15 bits per heavy atom. The molecule has 1 unspecified atom stereocenters. The molecule has 1 N–H and O–H groups in total. The predicted octanol–water partition coefficient (Wildman–Crippen LogP) is 3.33. The Morgan fingerprint density at radius 2 is 1.91 bits per heavy atom. The number of amides is 1. The summed E-state index contributed by atoms with van der Waals surface area (Å²) < 4.78 is 7.63. The van der Waals surface area contributed by atoms with E-state index in [0.29, 0.717) is 28.6 Å². The van der Waals surface area contributed by atoms with E-state index in [1.54, 1.807) is 36.4 Å². The van der Waals surface area contributed by atoms with Gasteiger partial charge in [0, 0.05) is 29.2 Å². The average Bonchev–Trinajstić information content (AvgIpc) is 3.56. The fourth-order valence-corrected chi connectivity index (χ4v) is 4.10. The van der Waals surface area contributed by atoms with Gasteiger partial charge in [0.05, 0.1) is 6.54 Å². The van der Waals surface area contributed by atoms with Gasteiger partial charge in [0.1, 0.15) is 18.2 Å². The zero-order chi connectivity index (χ0) is 22.9. The summed E-state index contributed by atoms with van der Waals surface area (Å²) in [7, 11) is 0. The van der Waals surface area contributed by atoms with Crippen LogP contribution in [0.25, 0.3) is 11.4 Å². The molecule has 1 amide bonds. The van der Waals surface area contributed by atoms with Gasteiger partial charge >= 0.3 is 0 Å². The molecule has 1 aromatic heterocycles. The van der Waals surface area contributed by atoms with Crippen LogP contribution in [0.1, 0.15) is 60.1 Å². The summed E-state index contributed by atoms with van der Waals surface area (Å²) in [6.45, 7) is 2.59. The summed E-state index contributed by atoms with van der Waals surface area (Å²) in [6.07, 6.45) is 2.25. The molecule has 0 radical (unpaired) electrons. The molecule has 1 atom stereocenters. The maximum Gasteiger partial charge on any atom is 0.257 e. The number of rotatable bonds is 9. The number of aliphatic hydroxyl groups is 1. The highest BCUT2D eigenvalue weighted by Crippen LogP contribution is 2.39. The fourth-order valence-electron chi connectivity index (χ4n) is 4.10. The van der Waals surface area contributed by atoms with E-state index in [2.05, 4.69) is 12.0 Å². The van der Waals surface area contributed by atoms with E-state index in [1.807, 2.05) is 16.8 Å². The lowest BCUT2D eigenvalue weighted by Gasteiger charge is -2.20. The van der Waals surface area contributed by atoms with E-state index in [-0.39, 0.29) is 24.8 Å². The van der Waals surface area contributed by atoms with Crippen molar-refractivity contribution < 1.29 is 19.4 Å². The van der Waals surface area contributed by atoms with Crippen LogP contribution in [-0.4, -0.2) is 49.6 Å². The molecule has 0 bridgehead atoms. The van der Waals surface area contributed by atoms with E-state index in [1.165, 1.54) is 12.8 Å². The lowest BCUT2D eigenvalue weighted by Crippen LogP contribution is -2.35. The number of hydrogen-bond acceptors (Lipinski definition) is 6. The third-order valence-corrected chi connectivity index (χ3v) is 5.96. The quantitative estimate of drug-likeness (QED) is 0.542. The highest BCUT2D eigenvalue weighted by Gasteiger charge is 2.36. The molecule has 0 saturated heterocycles. The van der Waals surface area contributed by atoms with Gasteiger partial charge in [-0.3, -0.25) is 9.59 Å². The van der Waals surface area contributed by atoms with Crippen LogP contribution in [0.4, 0.5) is 0 Å². The SMILES string of the molecule is CCCn1nc(-c2ccc(OCC(=O)CN3C(=O)c4ccccc4C3O)cc2)nc1C1CC1. The Bertz CT molecular complexity index is 1180. The Labute approximate surface area is 191 Å². The molecule has 1 saturated carbocycles. The number of aliphatic hydroxyl groups excluding tert-OH is 1. The molecule has 3 aromatic rings. The van der Waals surface area contributed by atoms with E-state index in [9.17, 15) is 14.7 Å². The van der Waals surface area contributed by atoms with Crippen molar-refractivity contribution in [2.24, 2.45) is 0 Å². The number of ether oxygens (including phenoxy) is 1. The van der Waals surface area contributed by atoms with Crippen molar-refractivity contribution in [3.05, 3.63) is 65.5 Å². The predicted molar refractivity (Wildman–Crippen MR) is 121 cm³/mol. The molecule has 5 rings (SSSR count). The van der Waals surface area contributed by atoms with Crippen LogP contribution in [0.15, 0.2) is 48.5 Å². The number of carbonyl (C=O) groups is 2. The van der Waals surface area contributed by atoms with Crippen LogP contribution in [0.5, 0.6) is 5.75 Å². The molecule has 2 aliphatic rings. The normalized spacial score (nSPS) is 17.3. The lowest BCUT2D eigenvalue weighted by atomic mass is 10.1. The van der Waals surface area contributed by atoms with E-state index >= 15 is 0 Å². The molecule has 1 aliphatic carbocycles. The summed E-state index contributed by atoms with van der Waals surface area (Å²) in [6, 6.07) is 14.2. The van der Waals surface area contributed by atoms with Crippen LogP contribution in [0.2, 0.25) is 0 Å². The average molecular weight is 447 g/mol. The lowest BCUT2D eigenvalue weighted by molar-refractivity contribution is -0.123. The third kappa shape index (κ3) is 4.26. The first kappa shape index (κ1) is 21.3. The van der Waals surface area contributed by atoms with Gasteiger partial charge < -0.3 is 14.7 Å². The van der Waals surface area contributed by atoms with Crippen molar-refractivity contribution in [3.63, 3.8) is 0 Å². The van der Waals surface area contributed by atoms with Crippen LogP contribution in [0.3, 0.4) is 0 Å².